The third kappa shape index (κ3) is 4.83. The number of β-amino-alcohol motifs (C(OH)–C–C–N with tert-alkyl or cyclic N) is 1. The number of benzene rings is 1. The number of aliphatic hydroxyl groups excluding tert-OH is 1. The number of rotatable bonds is 5. The second-order valence-electron chi connectivity index (χ2n) is 5.40. The van der Waals surface area contributed by atoms with Crippen molar-refractivity contribution in [2.24, 2.45) is 0 Å². The molecule has 0 unspecified atom stereocenters. The van der Waals surface area contributed by atoms with E-state index in [1.165, 1.54) is 18.2 Å². The van der Waals surface area contributed by atoms with Crippen molar-refractivity contribution >= 4 is 17.5 Å². The van der Waals surface area contributed by atoms with Crippen LogP contribution in [-0.2, 0) is 4.79 Å². The zero-order valence-corrected chi connectivity index (χ0v) is 13.2. The summed E-state index contributed by atoms with van der Waals surface area (Å²) in [5.41, 5.74) is 0. The number of aliphatic hydroxyl groups is 1. The van der Waals surface area contributed by atoms with Crippen LogP contribution in [-0.4, -0.2) is 66.2 Å². The van der Waals surface area contributed by atoms with Gasteiger partial charge in [0.1, 0.15) is 11.6 Å². The highest BCUT2D eigenvalue weighted by atomic mass is 35.5. The average Bonchev–Trinajstić information content (AvgIpc) is 2.48. The monoisotopic (exact) mass is 330 g/mol. The Hall–Kier alpha value is -1.37. The minimum atomic E-state index is -0.519. The summed E-state index contributed by atoms with van der Waals surface area (Å²) in [5, 5.41) is 9.32. The van der Waals surface area contributed by atoms with Crippen LogP contribution in [0.5, 0.6) is 5.75 Å². The van der Waals surface area contributed by atoms with Crippen molar-refractivity contribution in [3.8, 4) is 5.75 Å². The van der Waals surface area contributed by atoms with Crippen LogP contribution < -0.4 is 4.74 Å². The summed E-state index contributed by atoms with van der Waals surface area (Å²) >= 11 is 5.66. The van der Waals surface area contributed by atoms with E-state index in [0.29, 0.717) is 25.4 Å². The molecule has 0 aromatic heterocycles. The molecule has 0 spiro atoms. The van der Waals surface area contributed by atoms with Crippen LogP contribution in [0.4, 0.5) is 4.39 Å². The van der Waals surface area contributed by atoms with E-state index in [2.05, 4.69) is 4.90 Å². The highest BCUT2D eigenvalue weighted by molar-refractivity contribution is 6.30. The zero-order valence-electron chi connectivity index (χ0n) is 12.5. The van der Waals surface area contributed by atoms with E-state index >= 15 is 0 Å². The lowest BCUT2D eigenvalue weighted by molar-refractivity contribution is -0.135. The van der Waals surface area contributed by atoms with Gasteiger partial charge in [-0.05, 0) is 19.1 Å². The maximum atomic E-state index is 13.0. The van der Waals surface area contributed by atoms with Gasteiger partial charge in [0.15, 0.2) is 6.61 Å². The molecular weight excluding hydrogens is 311 g/mol. The van der Waals surface area contributed by atoms with E-state index < -0.39 is 5.82 Å². The standard InChI is InChI=1S/C15H20ClFN2O3/c1-11(20)9-18-4-6-19(7-5-18)15(21)10-22-12-2-3-14(17)13(16)8-12/h2-3,8,11,20H,4-7,9-10H2,1H3/t11-/m0/s1. The fourth-order valence-electron chi connectivity index (χ4n) is 2.36. The molecule has 0 saturated carbocycles. The molecule has 22 heavy (non-hydrogen) atoms. The minimum Gasteiger partial charge on any atom is -0.484 e. The summed E-state index contributed by atoms with van der Waals surface area (Å²) < 4.78 is 18.4. The molecule has 1 aliphatic rings. The number of carbonyl (C=O) groups is 1. The number of amides is 1. The van der Waals surface area contributed by atoms with Gasteiger partial charge in [-0.25, -0.2) is 4.39 Å². The van der Waals surface area contributed by atoms with Crippen LogP contribution in [0, 0.1) is 5.82 Å². The smallest absolute Gasteiger partial charge is 0.260 e. The predicted octanol–water partition coefficient (Wildman–Crippen LogP) is 1.38. The van der Waals surface area contributed by atoms with Gasteiger partial charge in [0, 0.05) is 38.8 Å². The molecule has 2 rings (SSSR count). The van der Waals surface area contributed by atoms with Crippen LogP contribution in [0.15, 0.2) is 18.2 Å². The molecule has 0 bridgehead atoms. The number of hydrogen-bond donors (Lipinski definition) is 1. The second-order valence-corrected chi connectivity index (χ2v) is 5.80. The zero-order chi connectivity index (χ0) is 16.1. The molecule has 1 heterocycles. The van der Waals surface area contributed by atoms with Crippen molar-refractivity contribution in [1.82, 2.24) is 9.80 Å². The van der Waals surface area contributed by atoms with Crippen molar-refractivity contribution in [2.75, 3.05) is 39.3 Å². The van der Waals surface area contributed by atoms with E-state index in [1.54, 1.807) is 11.8 Å². The first-order valence-corrected chi connectivity index (χ1v) is 7.59. The third-order valence-electron chi connectivity index (χ3n) is 3.50. The molecule has 1 aliphatic heterocycles. The van der Waals surface area contributed by atoms with Crippen molar-refractivity contribution in [2.45, 2.75) is 13.0 Å². The first-order valence-electron chi connectivity index (χ1n) is 7.22. The Morgan fingerprint density at radius 2 is 2.09 bits per heavy atom. The van der Waals surface area contributed by atoms with E-state index in [1.807, 2.05) is 0 Å². The summed E-state index contributed by atoms with van der Waals surface area (Å²) in [6, 6.07) is 4.00. The lowest BCUT2D eigenvalue weighted by Crippen LogP contribution is -2.51. The van der Waals surface area contributed by atoms with Crippen LogP contribution in [0.1, 0.15) is 6.92 Å². The fourth-order valence-corrected chi connectivity index (χ4v) is 2.53. The van der Waals surface area contributed by atoms with Gasteiger partial charge in [0.2, 0.25) is 0 Å². The van der Waals surface area contributed by atoms with Crippen LogP contribution in [0.3, 0.4) is 0 Å². The van der Waals surface area contributed by atoms with Crippen LogP contribution in [0.25, 0.3) is 0 Å². The molecule has 0 radical (unpaired) electrons. The molecular formula is C15H20ClFN2O3. The molecule has 1 aromatic rings. The van der Waals surface area contributed by atoms with Crippen molar-refractivity contribution in [1.29, 1.82) is 0 Å². The number of hydrogen-bond acceptors (Lipinski definition) is 4. The number of carbonyl (C=O) groups excluding carboxylic acids is 1. The van der Waals surface area contributed by atoms with Crippen molar-refractivity contribution < 1.29 is 19.0 Å². The molecule has 1 fully saturated rings. The topological polar surface area (TPSA) is 53.0 Å². The van der Waals surface area contributed by atoms with E-state index in [4.69, 9.17) is 16.3 Å². The number of ether oxygens (including phenoxy) is 1. The highest BCUT2D eigenvalue weighted by Crippen LogP contribution is 2.21. The van der Waals surface area contributed by atoms with Crippen LogP contribution >= 0.6 is 11.6 Å². The Morgan fingerprint density at radius 3 is 2.68 bits per heavy atom. The normalized spacial score (nSPS) is 17.4. The van der Waals surface area contributed by atoms with Gasteiger partial charge >= 0.3 is 0 Å². The van der Waals surface area contributed by atoms with Gasteiger partial charge < -0.3 is 14.7 Å². The summed E-state index contributed by atoms with van der Waals surface area (Å²) in [6.45, 7) is 4.96. The predicted molar refractivity (Wildman–Crippen MR) is 81.6 cm³/mol. The van der Waals surface area contributed by atoms with Crippen LogP contribution in [0.2, 0.25) is 5.02 Å². The highest BCUT2D eigenvalue weighted by Gasteiger charge is 2.22. The second kappa shape index (κ2) is 7.76. The Labute approximate surface area is 134 Å². The third-order valence-corrected chi connectivity index (χ3v) is 3.79. The molecule has 5 nitrogen and oxygen atoms in total. The Kier molecular flexibility index (Phi) is 5.99. The molecule has 1 saturated heterocycles. The molecule has 122 valence electrons. The van der Waals surface area contributed by atoms with Gasteiger partial charge in [-0.1, -0.05) is 11.6 Å². The molecule has 1 amide bonds. The van der Waals surface area contributed by atoms with Gasteiger partial charge in [-0.15, -0.1) is 0 Å². The summed E-state index contributed by atoms with van der Waals surface area (Å²) in [5.74, 6) is -0.265. The molecule has 1 aromatic carbocycles. The lowest BCUT2D eigenvalue weighted by Gasteiger charge is -2.35. The molecule has 1 atom stereocenters. The largest absolute Gasteiger partial charge is 0.484 e. The summed E-state index contributed by atoms with van der Waals surface area (Å²) in [7, 11) is 0. The maximum Gasteiger partial charge on any atom is 0.260 e. The van der Waals surface area contributed by atoms with Gasteiger partial charge in [-0.3, -0.25) is 9.69 Å². The first kappa shape index (κ1) is 17.0. The minimum absolute atomic E-state index is 0.0308. The summed E-state index contributed by atoms with van der Waals surface area (Å²) in [6.07, 6.45) is -0.367. The van der Waals surface area contributed by atoms with Crippen molar-refractivity contribution in [3.05, 3.63) is 29.0 Å². The van der Waals surface area contributed by atoms with Gasteiger partial charge in [-0.2, -0.15) is 0 Å². The Bertz CT molecular complexity index is 520. The van der Waals surface area contributed by atoms with E-state index in [-0.39, 0.29) is 23.6 Å². The van der Waals surface area contributed by atoms with Gasteiger partial charge in [0.05, 0.1) is 11.1 Å². The van der Waals surface area contributed by atoms with E-state index in [0.717, 1.165) is 13.1 Å². The maximum absolute atomic E-state index is 13.0. The fraction of sp³-hybridized carbons (Fsp3) is 0.533. The quantitative estimate of drug-likeness (QED) is 0.886. The van der Waals surface area contributed by atoms with Crippen molar-refractivity contribution in [3.63, 3.8) is 0 Å². The lowest BCUT2D eigenvalue weighted by atomic mass is 10.2. The first-order chi connectivity index (χ1) is 10.5. The Morgan fingerprint density at radius 1 is 1.41 bits per heavy atom. The number of nitrogens with zero attached hydrogens (tertiary/aromatic N) is 2. The average molecular weight is 331 g/mol. The molecule has 0 aliphatic carbocycles. The number of halogens is 2. The number of piperazine rings is 1. The summed E-state index contributed by atoms with van der Waals surface area (Å²) in [4.78, 5) is 15.9. The van der Waals surface area contributed by atoms with Gasteiger partial charge in [0.25, 0.3) is 5.91 Å². The molecule has 7 heteroatoms. The molecule has 1 N–H and O–H groups in total. The SMILES string of the molecule is C[C@H](O)CN1CCN(C(=O)COc2ccc(F)c(Cl)c2)CC1. The Balaban J connectivity index is 1.77. The van der Waals surface area contributed by atoms with E-state index in [9.17, 15) is 14.3 Å².